The van der Waals surface area contributed by atoms with Crippen LogP contribution in [0.3, 0.4) is 0 Å². The zero-order chi connectivity index (χ0) is 20.8. The Labute approximate surface area is 205 Å². The first-order valence-corrected chi connectivity index (χ1v) is 11.1. The summed E-state index contributed by atoms with van der Waals surface area (Å²) in [6.45, 7) is 4.05. The second-order valence-corrected chi connectivity index (χ2v) is 9.22. The predicted octanol–water partition coefficient (Wildman–Crippen LogP) is 4.30. The van der Waals surface area contributed by atoms with Gasteiger partial charge in [0.15, 0.2) is 11.8 Å². The quantitative estimate of drug-likeness (QED) is 0.250. The first-order valence-electron chi connectivity index (χ1n) is 10.3. The molecular formula is C23H29IN6S. The maximum absolute atomic E-state index is 4.81. The monoisotopic (exact) mass is 548 g/mol. The van der Waals surface area contributed by atoms with Crippen LogP contribution in [0.25, 0.3) is 0 Å². The minimum atomic E-state index is 0. The summed E-state index contributed by atoms with van der Waals surface area (Å²) < 4.78 is 2.24. The van der Waals surface area contributed by atoms with E-state index in [1.807, 2.05) is 48.5 Å². The molecule has 31 heavy (non-hydrogen) atoms. The van der Waals surface area contributed by atoms with Crippen LogP contribution in [0, 0.1) is 6.92 Å². The number of benzene rings is 2. The lowest BCUT2D eigenvalue weighted by molar-refractivity contribution is 0.706. The minimum Gasteiger partial charge on any atom is -0.355 e. The van der Waals surface area contributed by atoms with Gasteiger partial charge in [-0.15, -0.1) is 45.9 Å². The molecule has 1 heterocycles. The Bertz CT molecular complexity index is 986. The van der Waals surface area contributed by atoms with E-state index >= 15 is 0 Å². The third-order valence-electron chi connectivity index (χ3n) is 5.32. The van der Waals surface area contributed by atoms with E-state index in [1.165, 1.54) is 23.3 Å². The summed E-state index contributed by atoms with van der Waals surface area (Å²) in [4.78, 5) is 6.13. The van der Waals surface area contributed by atoms with Gasteiger partial charge in [0.2, 0.25) is 0 Å². The topological polar surface area (TPSA) is 67.1 Å². The molecule has 0 bridgehead atoms. The lowest BCUT2D eigenvalue weighted by Crippen LogP contribution is -2.41. The zero-order valence-electron chi connectivity index (χ0n) is 17.9. The van der Waals surface area contributed by atoms with Crippen LogP contribution in [0.5, 0.6) is 0 Å². The summed E-state index contributed by atoms with van der Waals surface area (Å²) in [7, 11) is 1.98. The number of aliphatic imine (C=N–C) groups is 1. The van der Waals surface area contributed by atoms with Crippen molar-refractivity contribution in [2.75, 3.05) is 6.54 Å². The average molecular weight is 548 g/mol. The van der Waals surface area contributed by atoms with E-state index in [-0.39, 0.29) is 28.7 Å². The highest BCUT2D eigenvalue weighted by Crippen LogP contribution is 2.51. The predicted molar refractivity (Wildman–Crippen MR) is 138 cm³/mol. The summed E-state index contributed by atoms with van der Waals surface area (Å²) in [5.74, 6) is 2.60. The van der Waals surface area contributed by atoms with Gasteiger partial charge < -0.3 is 15.2 Å². The van der Waals surface area contributed by atoms with Crippen molar-refractivity contribution in [2.45, 2.75) is 42.5 Å². The second-order valence-electron chi connectivity index (χ2n) is 7.68. The van der Waals surface area contributed by atoms with E-state index in [9.17, 15) is 0 Å². The molecule has 164 valence electrons. The Balaban J connectivity index is 0.00000272. The van der Waals surface area contributed by atoms with E-state index < -0.39 is 0 Å². The van der Waals surface area contributed by atoms with Crippen molar-refractivity contribution in [3.05, 3.63) is 77.9 Å². The van der Waals surface area contributed by atoms with E-state index in [0.29, 0.717) is 13.1 Å². The van der Waals surface area contributed by atoms with E-state index in [2.05, 4.69) is 63.3 Å². The SMILES string of the molecule is Cc1nnc(CNC(=NCc2ccccc2)NCC2(Sc3ccccc3)CC2)n1C.I. The number of guanidine groups is 1. The molecule has 2 aromatic carbocycles. The number of aryl methyl sites for hydroxylation is 1. The molecule has 1 aromatic heterocycles. The molecule has 0 amide bonds. The normalized spacial score (nSPS) is 14.6. The molecule has 8 heteroatoms. The Kier molecular flexibility index (Phi) is 8.36. The number of rotatable bonds is 8. The number of nitrogens with one attached hydrogen (secondary N) is 2. The van der Waals surface area contributed by atoms with Crippen molar-refractivity contribution in [3.8, 4) is 0 Å². The lowest BCUT2D eigenvalue weighted by Gasteiger charge is -2.18. The highest BCUT2D eigenvalue weighted by molar-refractivity contribution is 14.0. The first-order chi connectivity index (χ1) is 14.6. The van der Waals surface area contributed by atoms with Gasteiger partial charge in [-0.05, 0) is 37.5 Å². The maximum atomic E-state index is 4.81. The van der Waals surface area contributed by atoms with Crippen molar-refractivity contribution in [2.24, 2.45) is 12.0 Å². The summed E-state index contributed by atoms with van der Waals surface area (Å²) in [6.07, 6.45) is 2.43. The van der Waals surface area contributed by atoms with Crippen molar-refractivity contribution in [1.82, 2.24) is 25.4 Å². The molecule has 0 spiro atoms. The van der Waals surface area contributed by atoms with Gasteiger partial charge in [0, 0.05) is 23.2 Å². The molecule has 0 radical (unpaired) electrons. The lowest BCUT2D eigenvalue weighted by atomic mass is 10.2. The minimum absolute atomic E-state index is 0. The van der Waals surface area contributed by atoms with Gasteiger partial charge in [-0.25, -0.2) is 4.99 Å². The molecule has 0 unspecified atom stereocenters. The molecule has 1 aliphatic carbocycles. The van der Waals surface area contributed by atoms with Crippen LogP contribution in [-0.2, 0) is 20.1 Å². The van der Waals surface area contributed by atoms with Crippen LogP contribution < -0.4 is 10.6 Å². The van der Waals surface area contributed by atoms with Gasteiger partial charge in [0.1, 0.15) is 5.82 Å². The number of thioether (sulfide) groups is 1. The number of hydrogen-bond acceptors (Lipinski definition) is 4. The van der Waals surface area contributed by atoms with Gasteiger partial charge in [0.05, 0.1) is 13.1 Å². The molecule has 3 aromatic rings. The van der Waals surface area contributed by atoms with Crippen molar-refractivity contribution in [1.29, 1.82) is 0 Å². The fourth-order valence-corrected chi connectivity index (χ4v) is 4.38. The smallest absolute Gasteiger partial charge is 0.192 e. The maximum Gasteiger partial charge on any atom is 0.192 e. The van der Waals surface area contributed by atoms with Crippen LogP contribution in [0.2, 0.25) is 0 Å². The zero-order valence-corrected chi connectivity index (χ0v) is 21.1. The number of nitrogens with zero attached hydrogens (tertiary/aromatic N) is 4. The van der Waals surface area contributed by atoms with Crippen LogP contribution in [-0.4, -0.2) is 32.0 Å². The highest BCUT2D eigenvalue weighted by atomic mass is 127. The Morgan fingerprint density at radius 3 is 2.32 bits per heavy atom. The fraction of sp³-hybridized carbons (Fsp3) is 0.348. The van der Waals surface area contributed by atoms with Crippen molar-refractivity contribution >= 4 is 41.7 Å². The fourth-order valence-electron chi connectivity index (χ4n) is 3.13. The van der Waals surface area contributed by atoms with E-state index in [4.69, 9.17) is 4.99 Å². The standard InChI is InChI=1S/C23H28N6S.HI/c1-18-27-28-21(29(18)2)16-25-22(24-15-19-9-5-3-6-10-19)26-17-23(13-14-23)30-20-11-7-4-8-12-20;/h3-12H,13-17H2,1-2H3,(H2,24,25,26);1H. The molecule has 0 aliphatic heterocycles. The first kappa shape index (κ1) is 23.6. The van der Waals surface area contributed by atoms with Crippen LogP contribution in [0.4, 0.5) is 0 Å². The number of halogens is 1. The van der Waals surface area contributed by atoms with E-state index in [0.717, 1.165) is 24.2 Å². The Hall–Kier alpha value is -2.07. The summed E-state index contributed by atoms with van der Waals surface area (Å²) in [5.41, 5.74) is 1.19. The summed E-state index contributed by atoms with van der Waals surface area (Å²) >= 11 is 1.96. The van der Waals surface area contributed by atoms with Crippen LogP contribution in [0.15, 0.2) is 70.6 Å². The average Bonchev–Trinajstić information content (AvgIpc) is 3.47. The van der Waals surface area contributed by atoms with Crippen LogP contribution in [0.1, 0.15) is 30.1 Å². The molecule has 1 saturated carbocycles. The third-order valence-corrected chi connectivity index (χ3v) is 6.82. The molecule has 2 N–H and O–H groups in total. The molecule has 0 saturated heterocycles. The third kappa shape index (κ3) is 6.70. The molecule has 1 fully saturated rings. The van der Waals surface area contributed by atoms with Gasteiger partial charge in [-0.3, -0.25) is 0 Å². The van der Waals surface area contributed by atoms with Crippen molar-refractivity contribution in [3.63, 3.8) is 0 Å². The number of aromatic nitrogens is 3. The summed E-state index contributed by atoms with van der Waals surface area (Å²) in [5, 5.41) is 15.4. The van der Waals surface area contributed by atoms with Crippen LogP contribution >= 0.6 is 35.7 Å². The van der Waals surface area contributed by atoms with E-state index in [1.54, 1.807) is 0 Å². The van der Waals surface area contributed by atoms with Gasteiger partial charge in [-0.2, -0.15) is 0 Å². The van der Waals surface area contributed by atoms with Gasteiger partial charge in [-0.1, -0.05) is 48.5 Å². The second kappa shape index (κ2) is 11.0. The molecular weight excluding hydrogens is 519 g/mol. The molecule has 4 rings (SSSR count). The molecule has 1 aliphatic rings. The Morgan fingerprint density at radius 2 is 1.71 bits per heavy atom. The highest BCUT2D eigenvalue weighted by Gasteiger charge is 2.43. The van der Waals surface area contributed by atoms with Crippen molar-refractivity contribution < 1.29 is 0 Å². The Morgan fingerprint density at radius 1 is 1.03 bits per heavy atom. The van der Waals surface area contributed by atoms with Gasteiger partial charge >= 0.3 is 0 Å². The number of hydrogen-bond donors (Lipinski definition) is 2. The molecule has 0 atom stereocenters. The largest absolute Gasteiger partial charge is 0.355 e. The van der Waals surface area contributed by atoms with Gasteiger partial charge in [0.25, 0.3) is 0 Å². The summed E-state index contributed by atoms with van der Waals surface area (Å²) in [6, 6.07) is 20.9. The molecule has 6 nitrogen and oxygen atoms in total.